The standard InChI is InChI=1S/C10H10FNO2/c11-7-3-1-2-6(4-7)8-5-9(12-8)10(13)14/h1-4,8-9,12H,5H2,(H,13,14). The highest BCUT2D eigenvalue weighted by atomic mass is 19.1. The number of nitrogens with one attached hydrogen (secondary N) is 1. The Hall–Kier alpha value is -1.42. The lowest BCUT2D eigenvalue weighted by Crippen LogP contribution is -2.50. The summed E-state index contributed by atoms with van der Waals surface area (Å²) in [7, 11) is 0. The zero-order chi connectivity index (χ0) is 10.1. The largest absolute Gasteiger partial charge is 0.480 e. The van der Waals surface area contributed by atoms with Gasteiger partial charge in [-0.25, -0.2) is 4.39 Å². The van der Waals surface area contributed by atoms with E-state index in [4.69, 9.17) is 5.11 Å². The van der Waals surface area contributed by atoms with Gasteiger partial charge in [-0.15, -0.1) is 0 Å². The van der Waals surface area contributed by atoms with Crippen LogP contribution in [-0.4, -0.2) is 17.1 Å². The third-order valence-electron chi connectivity index (χ3n) is 2.42. The van der Waals surface area contributed by atoms with Crippen LogP contribution in [0.3, 0.4) is 0 Å². The molecular weight excluding hydrogens is 185 g/mol. The van der Waals surface area contributed by atoms with E-state index in [1.54, 1.807) is 12.1 Å². The Labute approximate surface area is 80.6 Å². The Morgan fingerprint density at radius 1 is 1.57 bits per heavy atom. The molecule has 0 amide bonds. The Morgan fingerprint density at radius 2 is 2.29 bits per heavy atom. The average molecular weight is 195 g/mol. The third kappa shape index (κ3) is 1.61. The highest BCUT2D eigenvalue weighted by molar-refractivity contribution is 5.75. The lowest BCUT2D eigenvalue weighted by molar-refractivity contribution is -0.142. The monoisotopic (exact) mass is 195 g/mol. The van der Waals surface area contributed by atoms with Crippen LogP contribution in [0.5, 0.6) is 0 Å². The zero-order valence-corrected chi connectivity index (χ0v) is 7.40. The van der Waals surface area contributed by atoms with Crippen molar-refractivity contribution in [3.05, 3.63) is 35.6 Å². The highest BCUT2D eigenvalue weighted by Crippen LogP contribution is 2.27. The topological polar surface area (TPSA) is 49.3 Å². The molecule has 1 aliphatic heterocycles. The first kappa shape index (κ1) is 9.15. The molecule has 2 N–H and O–H groups in total. The van der Waals surface area contributed by atoms with Crippen molar-refractivity contribution in [2.75, 3.05) is 0 Å². The summed E-state index contributed by atoms with van der Waals surface area (Å²) in [6.07, 6.45) is 0.527. The lowest BCUT2D eigenvalue weighted by atomic mass is 9.91. The maximum Gasteiger partial charge on any atom is 0.320 e. The minimum Gasteiger partial charge on any atom is -0.480 e. The average Bonchev–Trinajstić information content (AvgIpc) is 2.00. The summed E-state index contributed by atoms with van der Waals surface area (Å²) in [6.45, 7) is 0. The molecule has 14 heavy (non-hydrogen) atoms. The number of aliphatic carboxylic acids is 1. The minimum absolute atomic E-state index is 0.0215. The molecule has 2 atom stereocenters. The third-order valence-corrected chi connectivity index (χ3v) is 2.42. The van der Waals surface area contributed by atoms with Gasteiger partial charge in [0.1, 0.15) is 11.9 Å². The van der Waals surface area contributed by atoms with Crippen LogP contribution >= 0.6 is 0 Å². The van der Waals surface area contributed by atoms with E-state index in [9.17, 15) is 9.18 Å². The first-order valence-electron chi connectivity index (χ1n) is 4.41. The van der Waals surface area contributed by atoms with Gasteiger partial charge < -0.3 is 5.11 Å². The normalized spacial score (nSPS) is 25.5. The van der Waals surface area contributed by atoms with E-state index in [0.29, 0.717) is 6.42 Å². The van der Waals surface area contributed by atoms with Crippen molar-refractivity contribution in [2.45, 2.75) is 18.5 Å². The fourth-order valence-electron chi connectivity index (χ4n) is 1.58. The Morgan fingerprint density at radius 3 is 2.86 bits per heavy atom. The van der Waals surface area contributed by atoms with E-state index < -0.39 is 12.0 Å². The highest BCUT2D eigenvalue weighted by Gasteiger charge is 2.34. The predicted octanol–water partition coefficient (Wildman–Crippen LogP) is 1.31. The second-order valence-electron chi connectivity index (χ2n) is 3.40. The van der Waals surface area contributed by atoms with Gasteiger partial charge in [-0.2, -0.15) is 0 Å². The van der Waals surface area contributed by atoms with Crippen LogP contribution in [0.25, 0.3) is 0 Å². The fraction of sp³-hybridized carbons (Fsp3) is 0.300. The van der Waals surface area contributed by atoms with Crippen molar-refractivity contribution in [2.24, 2.45) is 0 Å². The molecule has 1 heterocycles. The molecular formula is C10H10FNO2. The molecule has 0 aliphatic carbocycles. The molecule has 4 heteroatoms. The molecule has 0 saturated carbocycles. The van der Waals surface area contributed by atoms with Crippen LogP contribution in [0.2, 0.25) is 0 Å². The summed E-state index contributed by atoms with van der Waals surface area (Å²) in [5, 5.41) is 11.5. The number of rotatable bonds is 2. The van der Waals surface area contributed by atoms with E-state index in [2.05, 4.69) is 5.32 Å². The van der Waals surface area contributed by atoms with Gasteiger partial charge in [-0.05, 0) is 24.1 Å². The number of benzene rings is 1. The number of carboxylic acids is 1. The smallest absolute Gasteiger partial charge is 0.320 e. The molecule has 74 valence electrons. The molecule has 0 aromatic heterocycles. The molecule has 1 fully saturated rings. The summed E-state index contributed by atoms with van der Waals surface area (Å²) in [4.78, 5) is 10.5. The van der Waals surface area contributed by atoms with Crippen molar-refractivity contribution in [3.8, 4) is 0 Å². The van der Waals surface area contributed by atoms with E-state index in [1.165, 1.54) is 12.1 Å². The van der Waals surface area contributed by atoms with E-state index >= 15 is 0 Å². The van der Waals surface area contributed by atoms with E-state index in [0.717, 1.165) is 5.56 Å². The van der Waals surface area contributed by atoms with Gasteiger partial charge in [-0.3, -0.25) is 10.1 Å². The summed E-state index contributed by atoms with van der Waals surface area (Å²) < 4.78 is 12.8. The molecule has 2 unspecified atom stereocenters. The minimum atomic E-state index is -0.849. The van der Waals surface area contributed by atoms with Gasteiger partial charge >= 0.3 is 5.97 Å². The van der Waals surface area contributed by atoms with Crippen LogP contribution in [0.4, 0.5) is 4.39 Å². The van der Waals surface area contributed by atoms with Gasteiger partial charge in [0, 0.05) is 6.04 Å². The summed E-state index contributed by atoms with van der Waals surface area (Å²) in [6, 6.07) is 5.71. The van der Waals surface area contributed by atoms with Gasteiger partial charge in [-0.1, -0.05) is 12.1 Å². The predicted molar refractivity (Wildman–Crippen MR) is 48.3 cm³/mol. The molecule has 1 aliphatic rings. The van der Waals surface area contributed by atoms with Gasteiger partial charge in [0.15, 0.2) is 0 Å². The summed E-state index contributed by atoms with van der Waals surface area (Å²) >= 11 is 0. The SMILES string of the molecule is O=C(O)C1CC(c2cccc(F)c2)N1. The summed E-state index contributed by atoms with van der Waals surface area (Å²) in [5.74, 6) is -1.14. The van der Waals surface area contributed by atoms with Gasteiger partial charge in [0.25, 0.3) is 0 Å². The molecule has 1 aromatic carbocycles. The molecule has 3 nitrogen and oxygen atoms in total. The van der Waals surface area contributed by atoms with Crippen LogP contribution in [0, 0.1) is 5.82 Å². The van der Waals surface area contributed by atoms with Crippen LogP contribution in [-0.2, 0) is 4.79 Å². The van der Waals surface area contributed by atoms with E-state index in [-0.39, 0.29) is 11.9 Å². The number of hydrogen-bond donors (Lipinski definition) is 2. The molecule has 0 radical (unpaired) electrons. The molecule has 2 rings (SSSR count). The summed E-state index contributed by atoms with van der Waals surface area (Å²) in [5.41, 5.74) is 0.808. The molecule has 1 aromatic rings. The number of hydrogen-bond acceptors (Lipinski definition) is 2. The second-order valence-corrected chi connectivity index (χ2v) is 3.40. The van der Waals surface area contributed by atoms with Crippen molar-refractivity contribution < 1.29 is 14.3 Å². The van der Waals surface area contributed by atoms with Gasteiger partial charge in [0.05, 0.1) is 0 Å². The maximum atomic E-state index is 12.8. The van der Waals surface area contributed by atoms with Crippen molar-refractivity contribution in [1.82, 2.24) is 5.32 Å². The van der Waals surface area contributed by atoms with Gasteiger partial charge in [0.2, 0.25) is 0 Å². The first-order chi connectivity index (χ1) is 6.66. The Balaban J connectivity index is 2.03. The second kappa shape index (κ2) is 3.38. The van der Waals surface area contributed by atoms with Crippen molar-refractivity contribution in [1.29, 1.82) is 0 Å². The zero-order valence-electron chi connectivity index (χ0n) is 7.40. The quantitative estimate of drug-likeness (QED) is 0.748. The fourth-order valence-corrected chi connectivity index (χ4v) is 1.58. The van der Waals surface area contributed by atoms with Crippen LogP contribution in [0.1, 0.15) is 18.0 Å². The van der Waals surface area contributed by atoms with Crippen molar-refractivity contribution >= 4 is 5.97 Å². The molecule has 0 spiro atoms. The first-order valence-corrected chi connectivity index (χ1v) is 4.41. The number of carbonyl (C=O) groups is 1. The maximum absolute atomic E-state index is 12.8. The van der Waals surface area contributed by atoms with Crippen LogP contribution in [0.15, 0.2) is 24.3 Å². The molecule has 1 saturated heterocycles. The van der Waals surface area contributed by atoms with Crippen LogP contribution < -0.4 is 5.32 Å². The number of halogens is 1. The number of carboxylic acid groups (broad SMARTS) is 1. The lowest BCUT2D eigenvalue weighted by Gasteiger charge is -2.34. The Kier molecular flexibility index (Phi) is 2.21. The van der Waals surface area contributed by atoms with Crippen molar-refractivity contribution in [3.63, 3.8) is 0 Å². The van der Waals surface area contributed by atoms with E-state index in [1.807, 2.05) is 0 Å². The molecule has 0 bridgehead atoms. The Bertz CT molecular complexity index is 361.